The van der Waals surface area contributed by atoms with Crippen molar-refractivity contribution in [3.63, 3.8) is 0 Å². The van der Waals surface area contributed by atoms with E-state index >= 15 is 0 Å². The molecule has 100 valence electrons. The lowest BCUT2D eigenvalue weighted by molar-refractivity contribution is -0.195. The highest BCUT2D eigenvalue weighted by Crippen LogP contribution is 2.05. The molecule has 0 saturated heterocycles. The molecule has 0 rings (SSSR count). The van der Waals surface area contributed by atoms with Crippen molar-refractivity contribution in [2.75, 3.05) is 6.54 Å². The zero-order valence-electron chi connectivity index (χ0n) is 10.7. The van der Waals surface area contributed by atoms with E-state index in [2.05, 4.69) is 0 Å². The third-order valence-corrected chi connectivity index (χ3v) is 2.36. The Morgan fingerprint density at radius 2 is 1.94 bits per heavy atom. The molecule has 0 bridgehead atoms. The molecule has 0 saturated carbocycles. The fourth-order valence-electron chi connectivity index (χ4n) is 1.30. The highest BCUT2D eigenvalue weighted by atomic mass is 16.7. The van der Waals surface area contributed by atoms with Gasteiger partial charge in [0.05, 0.1) is 12.6 Å². The van der Waals surface area contributed by atoms with E-state index in [4.69, 9.17) is 10.6 Å². The van der Waals surface area contributed by atoms with Crippen LogP contribution in [0.3, 0.4) is 0 Å². The van der Waals surface area contributed by atoms with E-state index in [0.29, 0.717) is 19.4 Å². The van der Waals surface area contributed by atoms with Crippen LogP contribution in [0.1, 0.15) is 40.0 Å². The number of rotatable bonds is 6. The topological polar surface area (TPSA) is 92.9 Å². The van der Waals surface area contributed by atoms with Gasteiger partial charge in [-0.25, -0.2) is 0 Å². The molecule has 0 fully saturated rings. The maximum absolute atomic E-state index is 11.1. The van der Waals surface area contributed by atoms with E-state index in [1.807, 2.05) is 0 Å². The van der Waals surface area contributed by atoms with Gasteiger partial charge in [-0.05, 0) is 26.2 Å². The molecule has 0 radical (unpaired) electrons. The first-order chi connectivity index (χ1) is 7.84. The van der Waals surface area contributed by atoms with Crippen molar-refractivity contribution in [3.05, 3.63) is 0 Å². The molecular weight excluding hydrogens is 224 g/mol. The van der Waals surface area contributed by atoms with Crippen LogP contribution in [0.5, 0.6) is 0 Å². The van der Waals surface area contributed by atoms with Crippen LogP contribution in [-0.2, 0) is 14.4 Å². The molecule has 6 nitrogen and oxygen atoms in total. The van der Waals surface area contributed by atoms with Crippen LogP contribution in [0.4, 0.5) is 0 Å². The Morgan fingerprint density at radius 1 is 1.35 bits per heavy atom. The zero-order chi connectivity index (χ0) is 13.4. The first kappa shape index (κ1) is 15.9. The number of carbonyl (C=O) groups excluding carboxylic acids is 2. The lowest BCUT2D eigenvalue weighted by Gasteiger charge is -2.19. The molecule has 1 amide bonds. The third kappa shape index (κ3) is 7.70. The molecule has 0 aromatic heterocycles. The number of unbranched alkanes of at least 4 members (excludes halogenated alkanes) is 1. The number of carbonyl (C=O) groups is 2. The highest BCUT2D eigenvalue weighted by molar-refractivity contribution is 5.75. The average molecular weight is 246 g/mol. The van der Waals surface area contributed by atoms with Crippen LogP contribution in [0.25, 0.3) is 0 Å². The van der Waals surface area contributed by atoms with Gasteiger partial charge in [0.25, 0.3) is 5.91 Å². The Morgan fingerprint density at radius 3 is 2.35 bits per heavy atom. The van der Waals surface area contributed by atoms with Gasteiger partial charge in [0.15, 0.2) is 0 Å². The molecule has 1 unspecified atom stereocenters. The predicted molar refractivity (Wildman–Crippen MR) is 62.7 cm³/mol. The number of nitrogens with two attached hydrogens (primary N) is 1. The van der Waals surface area contributed by atoms with Crippen molar-refractivity contribution in [1.82, 2.24) is 5.06 Å². The summed E-state index contributed by atoms with van der Waals surface area (Å²) in [5.74, 6) is -0.819. The molecule has 0 aliphatic heterocycles. The quantitative estimate of drug-likeness (QED) is 0.515. The van der Waals surface area contributed by atoms with Crippen LogP contribution in [0, 0.1) is 0 Å². The molecule has 2 atom stereocenters. The molecular formula is C11H22N2O4. The summed E-state index contributed by atoms with van der Waals surface area (Å²) in [6, 6.07) is -0.255. The minimum absolute atomic E-state index is 0.255. The second kappa shape index (κ2) is 8.03. The highest BCUT2D eigenvalue weighted by Gasteiger charge is 2.13. The SMILES string of the molecule is CC(=O)ON(CCCC[C@H](N)C(C)O)C(C)=O. The molecule has 0 aromatic carbocycles. The number of hydrogen-bond acceptors (Lipinski definition) is 5. The number of hydroxylamine groups is 2. The van der Waals surface area contributed by atoms with E-state index in [1.54, 1.807) is 6.92 Å². The predicted octanol–water partition coefficient (Wildman–Crippen LogP) is 0.191. The van der Waals surface area contributed by atoms with Crippen LogP contribution < -0.4 is 5.73 Å². The van der Waals surface area contributed by atoms with Gasteiger partial charge in [-0.1, -0.05) is 0 Å². The second-order valence-electron chi connectivity index (χ2n) is 4.10. The maximum Gasteiger partial charge on any atom is 0.329 e. The Kier molecular flexibility index (Phi) is 7.49. The molecule has 0 aromatic rings. The van der Waals surface area contributed by atoms with Crippen LogP contribution in [0.15, 0.2) is 0 Å². The van der Waals surface area contributed by atoms with Crippen molar-refractivity contribution in [2.24, 2.45) is 5.73 Å². The van der Waals surface area contributed by atoms with E-state index in [0.717, 1.165) is 11.5 Å². The normalized spacial score (nSPS) is 13.9. The van der Waals surface area contributed by atoms with Crippen LogP contribution in [0.2, 0.25) is 0 Å². The monoisotopic (exact) mass is 246 g/mol. The number of aliphatic hydroxyl groups is 1. The van der Waals surface area contributed by atoms with Gasteiger partial charge < -0.3 is 15.7 Å². The smallest absolute Gasteiger partial charge is 0.329 e. The van der Waals surface area contributed by atoms with Crippen molar-refractivity contribution < 1.29 is 19.5 Å². The minimum Gasteiger partial charge on any atom is -0.392 e. The Bertz CT molecular complexity index is 256. The summed E-state index contributed by atoms with van der Waals surface area (Å²) in [5.41, 5.74) is 5.66. The molecule has 0 aliphatic carbocycles. The second-order valence-corrected chi connectivity index (χ2v) is 4.10. The minimum atomic E-state index is -0.535. The van der Waals surface area contributed by atoms with Gasteiger partial charge in [-0.2, -0.15) is 5.06 Å². The summed E-state index contributed by atoms with van der Waals surface area (Å²) < 4.78 is 0. The number of aliphatic hydroxyl groups excluding tert-OH is 1. The third-order valence-electron chi connectivity index (χ3n) is 2.36. The number of hydrogen-bond donors (Lipinski definition) is 2. The standard InChI is InChI=1S/C11H22N2O4/c1-8(14)11(12)6-4-5-7-13(9(2)15)17-10(3)16/h8,11,14H,4-7,12H2,1-3H3/t8?,11-/m0/s1. The number of nitrogens with zero attached hydrogens (tertiary/aromatic N) is 1. The number of amides is 1. The first-order valence-corrected chi connectivity index (χ1v) is 5.75. The Labute approximate surface area is 102 Å². The first-order valence-electron chi connectivity index (χ1n) is 5.75. The molecule has 3 N–H and O–H groups in total. The molecule has 0 spiro atoms. The molecule has 6 heteroatoms. The lowest BCUT2D eigenvalue weighted by atomic mass is 10.1. The summed E-state index contributed by atoms with van der Waals surface area (Å²) in [6.07, 6.45) is 1.57. The van der Waals surface area contributed by atoms with Gasteiger partial charge >= 0.3 is 5.97 Å². The van der Waals surface area contributed by atoms with Gasteiger partial charge in [0.2, 0.25) is 0 Å². The van der Waals surface area contributed by atoms with Crippen molar-refractivity contribution in [1.29, 1.82) is 0 Å². The van der Waals surface area contributed by atoms with Crippen LogP contribution in [-0.4, -0.2) is 40.7 Å². The van der Waals surface area contributed by atoms with E-state index in [-0.39, 0.29) is 11.9 Å². The van der Waals surface area contributed by atoms with E-state index < -0.39 is 12.1 Å². The van der Waals surface area contributed by atoms with Gasteiger partial charge in [0.1, 0.15) is 0 Å². The van der Waals surface area contributed by atoms with Crippen molar-refractivity contribution >= 4 is 11.9 Å². The maximum atomic E-state index is 11.1. The fourth-order valence-corrected chi connectivity index (χ4v) is 1.30. The fraction of sp³-hybridized carbons (Fsp3) is 0.818. The largest absolute Gasteiger partial charge is 0.392 e. The summed E-state index contributed by atoms with van der Waals surface area (Å²) in [6.45, 7) is 4.58. The zero-order valence-corrected chi connectivity index (χ0v) is 10.7. The average Bonchev–Trinajstić information content (AvgIpc) is 2.21. The van der Waals surface area contributed by atoms with Gasteiger partial charge in [-0.3, -0.25) is 9.59 Å². The van der Waals surface area contributed by atoms with Gasteiger partial charge in [0, 0.05) is 19.9 Å². The van der Waals surface area contributed by atoms with E-state index in [1.165, 1.54) is 13.8 Å². The molecule has 0 heterocycles. The summed E-state index contributed by atoms with van der Waals surface area (Å²) in [7, 11) is 0. The summed E-state index contributed by atoms with van der Waals surface area (Å²) in [5, 5.41) is 10.2. The van der Waals surface area contributed by atoms with Crippen molar-refractivity contribution in [3.8, 4) is 0 Å². The van der Waals surface area contributed by atoms with Gasteiger partial charge in [-0.15, -0.1) is 0 Å². The molecule has 0 aliphatic rings. The Balaban J connectivity index is 3.83. The van der Waals surface area contributed by atoms with E-state index in [9.17, 15) is 14.7 Å². The van der Waals surface area contributed by atoms with Crippen LogP contribution >= 0.6 is 0 Å². The Hall–Kier alpha value is -1.14. The molecule has 17 heavy (non-hydrogen) atoms. The lowest BCUT2D eigenvalue weighted by Crippen LogP contribution is -2.33. The van der Waals surface area contributed by atoms with Crippen molar-refractivity contribution in [2.45, 2.75) is 52.2 Å². The summed E-state index contributed by atoms with van der Waals surface area (Å²) >= 11 is 0. The summed E-state index contributed by atoms with van der Waals surface area (Å²) in [4.78, 5) is 26.5.